The lowest BCUT2D eigenvalue weighted by atomic mass is 9.71. The van der Waals surface area contributed by atoms with Gasteiger partial charge in [0.1, 0.15) is 0 Å². The van der Waals surface area contributed by atoms with Crippen molar-refractivity contribution in [3.8, 4) is 0 Å². The van der Waals surface area contributed by atoms with E-state index in [1.165, 1.54) is 6.92 Å². The lowest BCUT2D eigenvalue weighted by Gasteiger charge is -2.37. The summed E-state index contributed by atoms with van der Waals surface area (Å²) in [5, 5.41) is 37.4. The molecule has 1 aromatic carbocycles. The number of carboxylic acids is 2. The standard InChI is InChI=1S/C16H22O7/c1-16(13(18)8-17,12(15(21)22)7-14(19)20)10-23-9-11-5-3-2-4-6-11/h2-6,12-13,17-18H,7-10H2,1H3,(H,19,20)(H,21,22)/t12-,13?,16?/m1/s1. The van der Waals surface area contributed by atoms with Gasteiger partial charge in [0.05, 0.1) is 38.3 Å². The van der Waals surface area contributed by atoms with Crippen molar-refractivity contribution in [2.75, 3.05) is 13.2 Å². The van der Waals surface area contributed by atoms with Gasteiger partial charge in [0.15, 0.2) is 0 Å². The number of aliphatic carboxylic acids is 2. The molecule has 0 spiro atoms. The van der Waals surface area contributed by atoms with Gasteiger partial charge in [-0.2, -0.15) is 0 Å². The van der Waals surface area contributed by atoms with E-state index in [0.29, 0.717) is 0 Å². The maximum Gasteiger partial charge on any atom is 0.307 e. The van der Waals surface area contributed by atoms with Gasteiger partial charge in [-0.25, -0.2) is 0 Å². The number of ether oxygens (including phenoxy) is 1. The van der Waals surface area contributed by atoms with Crippen LogP contribution in [0, 0.1) is 11.3 Å². The minimum absolute atomic E-state index is 0.188. The van der Waals surface area contributed by atoms with Crippen LogP contribution in [0.25, 0.3) is 0 Å². The molecular weight excluding hydrogens is 304 g/mol. The number of benzene rings is 1. The first-order valence-corrected chi connectivity index (χ1v) is 7.16. The Kier molecular flexibility index (Phi) is 7.15. The Morgan fingerprint density at radius 3 is 2.30 bits per heavy atom. The Morgan fingerprint density at radius 1 is 1.22 bits per heavy atom. The summed E-state index contributed by atoms with van der Waals surface area (Å²) in [5.41, 5.74) is -0.577. The van der Waals surface area contributed by atoms with Crippen molar-refractivity contribution in [3.05, 3.63) is 35.9 Å². The summed E-state index contributed by atoms with van der Waals surface area (Å²) in [4.78, 5) is 22.3. The molecule has 0 heterocycles. The number of carbonyl (C=O) groups is 2. The maximum absolute atomic E-state index is 11.4. The minimum atomic E-state index is -1.44. The number of carboxylic acid groups (broad SMARTS) is 2. The molecule has 0 bridgehead atoms. The second-order valence-electron chi connectivity index (χ2n) is 5.67. The van der Waals surface area contributed by atoms with Crippen LogP contribution in [0.2, 0.25) is 0 Å². The lowest BCUT2D eigenvalue weighted by Crippen LogP contribution is -2.48. The summed E-state index contributed by atoms with van der Waals surface area (Å²) in [6.07, 6.45) is -2.09. The lowest BCUT2D eigenvalue weighted by molar-refractivity contribution is -0.163. The van der Waals surface area contributed by atoms with E-state index in [0.717, 1.165) is 5.56 Å². The number of rotatable bonds is 10. The molecule has 128 valence electrons. The van der Waals surface area contributed by atoms with Crippen LogP contribution in [0.3, 0.4) is 0 Å². The molecule has 2 unspecified atom stereocenters. The maximum atomic E-state index is 11.4. The molecule has 0 amide bonds. The van der Waals surface area contributed by atoms with Crippen LogP contribution >= 0.6 is 0 Å². The van der Waals surface area contributed by atoms with Gasteiger partial charge in [-0.1, -0.05) is 37.3 Å². The fourth-order valence-corrected chi connectivity index (χ4v) is 2.38. The van der Waals surface area contributed by atoms with E-state index in [-0.39, 0.29) is 13.2 Å². The SMILES string of the molecule is CC(COCc1ccccc1)(C(O)CO)[C@H](CC(=O)O)C(=O)O. The summed E-state index contributed by atoms with van der Waals surface area (Å²) in [6, 6.07) is 9.14. The Balaban J connectivity index is 2.87. The Bertz CT molecular complexity index is 516. The minimum Gasteiger partial charge on any atom is -0.481 e. The molecule has 1 rings (SSSR count). The highest BCUT2D eigenvalue weighted by molar-refractivity contribution is 5.78. The molecule has 0 aromatic heterocycles. The fraction of sp³-hybridized carbons (Fsp3) is 0.500. The zero-order valence-corrected chi connectivity index (χ0v) is 12.9. The van der Waals surface area contributed by atoms with Crippen molar-refractivity contribution in [1.29, 1.82) is 0 Å². The van der Waals surface area contributed by atoms with Crippen LogP contribution < -0.4 is 0 Å². The molecule has 0 saturated heterocycles. The summed E-state index contributed by atoms with van der Waals surface area (Å²) in [6.45, 7) is 0.705. The smallest absolute Gasteiger partial charge is 0.307 e. The molecule has 0 aliphatic rings. The van der Waals surface area contributed by atoms with Crippen molar-refractivity contribution < 1.29 is 34.8 Å². The second-order valence-corrected chi connectivity index (χ2v) is 5.67. The molecule has 0 fully saturated rings. The summed E-state index contributed by atoms with van der Waals surface area (Å²) in [7, 11) is 0. The van der Waals surface area contributed by atoms with E-state index in [4.69, 9.17) is 9.84 Å². The van der Waals surface area contributed by atoms with E-state index < -0.39 is 42.4 Å². The number of aliphatic hydroxyl groups excluding tert-OH is 2. The second kappa shape index (κ2) is 8.61. The molecule has 7 nitrogen and oxygen atoms in total. The quantitative estimate of drug-likeness (QED) is 0.500. The van der Waals surface area contributed by atoms with Gasteiger partial charge < -0.3 is 25.2 Å². The molecule has 23 heavy (non-hydrogen) atoms. The molecule has 3 atom stereocenters. The van der Waals surface area contributed by atoms with Gasteiger partial charge in [0, 0.05) is 5.41 Å². The normalized spacial score (nSPS) is 16.3. The molecule has 0 aliphatic heterocycles. The molecule has 1 aromatic rings. The predicted molar refractivity (Wildman–Crippen MR) is 80.7 cm³/mol. The highest BCUT2D eigenvalue weighted by Gasteiger charge is 2.46. The van der Waals surface area contributed by atoms with Crippen LogP contribution in [0.1, 0.15) is 18.9 Å². The van der Waals surface area contributed by atoms with Gasteiger partial charge in [-0.3, -0.25) is 9.59 Å². The van der Waals surface area contributed by atoms with Crippen LogP contribution in [-0.4, -0.2) is 51.7 Å². The predicted octanol–water partition coefficient (Wildman–Crippen LogP) is 0.738. The summed E-state index contributed by atoms with van der Waals surface area (Å²) < 4.78 is 5.49. The van der Waals surface area contributed by atoms with Crippen LogP contribution in [0.4, 0.5) is 0 Å². The first kappa shape index (κ1) is 19.1. The van der Waals surface area contributed by atoms with Crippen molar-refractivity contribution in [2.24, 2.45) is 11.3 Å². The first-order valence-electron chi connectivity index (χ1n) is 7.16. The topological polar surface area (TPSA) is 124 Å². The monoisotopic (exact) mass is 326 g/mol. The molecule has 7 heteroatoms. The van der Waals surface area contributed by atoms with Gasteiger partial charge in [-0.15, -0.1) is 0 Å². The third kappa shape index (κ3) is 5.31. The zero-order chi connectivity index (χ0) is 17.5. The van der Waals surface area contributed by atoms with Gasteiger partial charge in [0.2, 0.25) is 0 Å². The Labute approximate surface area is 134 Å². The Morgan fingerprint density at radius 2 is 1.83 bits per heavy atom. The largest absolute Gasteiger partial charge is 0.481 e. The van der Waals surface area contributed by atoms with Crippen molar-refractivity contribution >= 4 is 11.9 Å². The molecule has 0 saturated carbocycles. The third-order valence-electron chi connectivity index (χ3n) is 3.93. The van der Waals surface area contributed by atoms with Crippen molar-refractivity contribution in [1.82, 2.24) is 0 Å². The van der Waals surface area contributed by atoms with E-state index >= 15 is 0 Å². The number of hydrogen-bond donors (Lipinski definition) is 4. The van der Waals surface area contributed by atoms with E-state index in [1.54, 1.807) is 0 Å². The van der Waals surface area contributed by atoms with Crippen molar-refractivity contribution in [2.45, 2.75) is 26.1 Å². The van der Waals surface area contributed by atoms with Crippen LogP contribution in [0.15, 0.2) is 30.3 Å². The van der Waals surface area contributed by atoms with Crippen molar-refractivity contribution in [3.63, 3.8) is 0 Å². The number of aliphatic hydroxyl groups is 2. The first-order chi connectivity index (χ1) is 10.8. The molecule has 0 aliphatic carbocycles. The highest BCUT2D eigenvalue weighted by atomic mass is 16.5. The molecular formula is C16H22O7. The van der Waals surface area contributed by atoms with Crippen LogP contribution in [0.5, 0.6) is 0 Å². The van der Waals surface area contributed by atoms with Gasteiger partial charge >= 0.3 is 11.9 Å². The van der Waals surface area contributed by atoms with E-state index in [9.17, 15) is 24.9 Å². The zero-order valence-electron chi connectivity index (χ0n) is 12.9. The average Bonchev–Trinajstić information content (AvgIpc) is 2.52. The van der Waals surface area contributed by atoms with Gasteiger partial charge in [-0.05, 0) is 5.56 Å². The molecule has 0 radical (unpaired) electrons. The number of hydrogen-bond acceptors (Lipinski definition) is 5. The van der Waals surface area contributed by atoms with Gasteiger partial charge in [0.25, 0.3) is 0 Å². The fourth-order valence-electron chi connectivity index (χ4n) is 2.38. The Hall–Kier alpha value is -1.96. The average molecular weight is 326 g/mol. The third-order valence-corrected chi connectivity index (χ3v) is 3.93. The molecule has 4 N–H and O–H groups in total. The van der Waals surface area contributed by atoms with Crippen LogP contribution in [-0.2, 0) is 20.9 Å². The summed E-state index contributed by atoms with van der Waals surface area (Å²) >= 11 is 0. The van der Waals surface area contributed by atoms with E-state index in [2.05, 4.69) is 0 Å². The summed E-state index contributed by atoms with van der Waals surface area (Å²) in [5.74, 6) is -4.04. The van der Waals surface area contributed by atoms with E-state index in [1.807, 2.05) is 30.3 Å². The highest BCUT2D eigenvalue weighted by Crippen LogP contribution is 2.35.